The van der Waals surface area contributed by atoms with Gasteiger partial charge in [0, 0.05) is 22.1 Å². The van der Waals surface area contributed by atoms with Crippen molar-refractivity contribution in [2.45, 2.75) is 31.3 Å². The van der Waals surface area contributed by atoms with Gasteiger partial charge in [-0.25, -0.2) is 0 Å². The maximum Gasteiger partial charge on any atom is 0.0408 e. The van der Waals surface area contributed by atoms with Gasteiger partial charge in [0.25, 0.3) is 0 Å². The second kappa shape index (κ2) is 6.30. The van der Waals surface area contributed by atoms with Crippen molar-refractivity contribution in [3.05, 3.63) is 69.2 Å². The van der Waals surface area contributed by atoms with Gasteiger partial charge < -0.3 is 5.32 Å². The van der Waals surface area contributed by atoms with Crippen molar-refractivity contribution in [2.75, 3.05) is 0 Å². The molecule has 0 unspecified atom stereocenters. The van der Waals surface area contributed by atoms with E-state index < -0.39 is 0 Å². The van der Waals surface area contributed by atoms with E-state index in [1.807, 2.05) is 12.1 Å². The van der Waals surface area contributed by atoms with Crippen LogP contribution in [-0.2, 0) is 6.54 Å². The number of benzene rings is 2. The fourth-order valence-electron chi connectivity index (χ4n) is 2.68. The van der Waals surface area contributed by atoms with Crippen LogP contribution in [-0.4, -0.2) is 6.04 Å². The molecule has 1 N–H and O–H groups in total. The van der Waals surface area contributed by atoms with Gasteiger partial charge in [0.15, 0.2) is 0 Å². The van der Waals surface area contributed by atoms with E-state index in [1.165, 1.54) is 24.0 Å². The average Bonchev–Trinajstić information content (AvgIpc) is 2.39. The summed E-state index contributed by atoms with van der Waals surface area (Å²) in [6.07, 6.45) is 2.41. The van der Waals surface area contributed by atoms with Gasteiger partial charge in [-0.15, -0.1) is 0 Å². The smallest absolute Gasteiger partial charge is 0.0408 e. The third-order valence-electron chi connectivity index (χ3n) is 3.97. The first-order valence-electron chi connectivity index (χ1n) is 6.94. The van der Waals surface area contributed by atoms with Crippen LogP contribution in [0.2, 0.25) is 5.02 Å². The fourth-order valence-corrected chi connectivity index (χ4v) is 3.14. The lowest BCUT2D eigenvalue weighted by Crippen LogP contribution is -2.39. The van der Waals surface area contributed by atoms with E-state index in [4.69, 9.17) is 11.6 Å². The van der Waals surface area contributed by atoms with Crippen molar-refractivity contribution >= 4 is 27.5 Å². The van der Waals surface area contributed by atoms with E-state index in [-0.39, 0.29) is 0 Å². The third-order valence-corrected chi connectivity index (χ3v) is 4.73. The molecule has 2 aromatic rings. The zero-order valence-corrected chi connectivity index (χ0v) is 13.5. The molecule has 0 atom stereocenters. The van der Waals surface area contributed by atoms with E-state index in [1.54, 1.807) is 0 Å². The molecule has 0 aromatic heterocycles. The van der Waals surface area contributed by atoms with Gasteiger partial charge in [-0.1, -0.05) is 51.8 Å². The van der Waals surface area contributed by atoms with E-state index in [9.17, 15) is 0 Å². The predicted octanol–water partition coefficient (Wildman–Crippen LogP) is 5.14. The lowest BCUT2D eigenvalue weighted by atomic mass is 9.76. The van der Waals surface area contributed by atoms with Gasteiger partial charge in [-0.05, 0) is 54.2 Å². The Balaban J connectivity index is 1.48. The topological polar surface area (TPSA) is 12.0 Å². The molecule has 3 rings (SSSR count). The molecule has 1 fully saturated rings. The molecule has 20 heavy (non-hydrogen) atoms. The maximum absolute atomic E-state index is 6.04. The molecule has 0 amide bonds. The van der Waals surface area contributed by atoms with Gasteiger partial charge in [0.2, 0.25) is 0 Å². The highest BCUT2D eigenvalue weighted by atomic mass is 79.9. The highest BCUT2D eigenvalue weighted by molar-refractivity contribution is 9.10. The molecule has 0 radical (unpaired) electrons. The first-order chi connectivity index (χ1) is 9.70. The Hall–Kier alpha value is -0.830. The Morgan fingerprint density at radius 1 is 1.10 bits per heavy atom. The first kappa shape index (κ1) is 14.1. The van der Waals surface area contributed by atoms with Crippen LogP contribution in [0, 0.1) is 0 Å². The van der Waals surface area contributed by atoms with E-state index in [0.29, 0.717) is 12.0 Å². The molecule has 0 bridgehead atoms. The molecule has 0 saturated heterocycles. The van der Waals surface area contributed by atoms with Crippen LogP contribution >= 0.6 is 27.5 Å². The summed E-state index contributed by atoms with van der Waals surface area (Å²) in [7, 11) is 0. The van der Waals surface area contributed by atoms with Crippen molar-refractivity contribution in [3.8, 4) is 0 Å². The molecule has 104 valence electrons. The molecule has 0 heterocycles. The van der Waals surface area contributed by atoms with Crippen molar-refractivity contribution < 1.29 is 0 Å². The standard InChI is InChI=1S/C17H17BrClN/c18-15-6-4-12(5-7-15)11-20-17-9-14(10-17)13-2-1-3-16(19)8-13/h1-8,14,17,20H,9-11H2. The molecule has 2 aromatic carbocycles. The minimum absolute atomic E-state index is 0.627. The van der Waals surface area contributed by atoms with Crippen LogP contribution in [0.5, 0.6) is 0 Å². The highest BCUT2D eigenvalue weighted by Crippen LogP contribution is 2.37. The van der Waals surface area contributed by atoms with Gasteiger partial charge in [0.1, 0.15) is 0 Å². The van der Waals surface area contributed by atoms with Gasteiger partial charge in [0.05, 0.1) is 0 Å². The Labute approximate surface area is 133 Å². The van der Waals surface area contributed by atoms with Crippen molar-refractivity contribution in [2.24, 2.45) is 0 Å². The van der Waals surface area contributed by atoms with Crippen molar-refractivity contribution in [1.82, 2.24) is 5.32 Å². The number of hydrogen-bond acceptors (Lipinski definition) is 1. The van der Waals surface area contributed by atoms with Gasteiger partial charge >= 0.3 is 0 Å². The number of hydrogen-bond donors (Lipinski definition) is 1. The van der Waals surface area contributed by atoms with Gasteiger partial charge in [-0.3, -0.25) is 0 Å². The van der Waals surface area contributed by atoms with E-state index in [2.05, 4.69) is 57.6 Å². The van der Waals surface area contributed by atoms with Crippen molar-refractivity contribution in [3.63, 3.8) is 0 Å². The van der Waals surface area contributed by atoms with E-state index in [0.717, 1.165) is 16.0 Å². The van der Waals surface area contributed by atoms with Crippen molar-refractivity contribution in [1.29, 1.82) is 0 Å². The van der Waals surface area contributed by atoms with Crippen LogP contribution in [0.3, 0.4) is 0 Å². The summed E-state index contributed by atoms with van der Waals surface area (Å²) in [5.74, 6) is 0.663. The predicted molar refractivity (Wildman–Crippen MR) is 88.2 cm³/mol. The molecular weight excluding hydrogens is 334 g/mol. The lowest BCUT2D eigenvalue weighted by molar-refractivity contribution is 0.289. The lowest BCUT2D eigenvalue weighted by Gasteiger charge is -2.36. The quantitative estimate of drug-likeness (QED) is 0.805. The summed E-state index contributed by atoms with van der Waals surface area (Å²) in [5.41, 5.74) is 2.71. The van der Waals surface area contributed by atoms with Crippen LogP contribution in [0.4, 0.5) is 0 Å². The average molecular weight is 351 g/mol. The summed E-state index contributed by atoms with van der Waals surface area (Å²) in [4.78, 5) is 0. The Bertz CT molecular complexity index is 576. The molecule has 3 heteroatoms. The largest absolute Gasteiger partial charge is 0.310 e. The van der Waals surface area contributed by atoms with Crippen LogP contribution in [0.1, 0.15) is 29.9 Å². The highest BCUT2D eigenvalue weighted by Gasteiger charge is 2.29. The fraction of sp³-hybridized carbons (Fsp3) is 0.294. The Kier molecular flexibility index (Phi) is 4.45. The molecule has 1 aliphatic rings. The summed E-state index contributed by atoms with van der Waals surface area (Å²) < 4.78 is 1.13. The Morgan fingerprint density at radius 3 is 2.55 bits per heavy atom. The number of nitrogens with one attached hydrogen (secondary N) is 1. The third kappa shape index (κ3) is 3.43. The van der Waals surface area contributed by atoms with Crippen LogP contribution in [0.15, 0.2) is 53.0 Å². The second-order valence-corrected chi connectivity index (χ2v) is 6.78. The Morgan fingerprint density at radius 2 is 1.85 bits per heavy atom. The zero-order chi connectivity index (χ0) is 13.9. The summed E-state index contributed by atoms with van der Waals surface area (Å²) in [6, 6.07) is 17.4. The minimum atomic E-state index is 0.627. The van der Waals surface area contributed by atoms with Crippen LogP contribution in [0.25, 0.3) is 0 Å². The molecule has 1 aliphatic carbocycles. The molecular formula is C17H17BrClN. The zero-order valence-electron chi connectivity index (χ0n) is 11.2. The van der Waals surface area contributed by atoms with Crippen LogP contribution < -0.4 is 5.32 Å². The SMILES string of the molecule is Clc1cccc(C2CC(NCc3ccc(Br)cc3)C2)c1. The maximum atomic E-state index is 6.04. The monoisotopic (exact) mass is 349 g/mol. The molecule has 0 aliphatic heterocycles. The number of rotatable bonds is 4. The normalized spacial score (nSPS) is 21.5. The second-order valence-electron chi connectivity index (χ2n) is 5.43. The number of halogens is 2. The minimum Gasteiger partial charge on any atom is -0.310 e. The summed E-state index contributed by atoms with van der Waals surface area (Å²) >= 11 is 9.50. The summed E-state index contributed by atoms with van der Waals surface area (Å²) in [5, 5.41) is 4.46. The molecule has 1 nitrogen and oxygen atoms in total. The van der Waals surface area contributed by atoms with Gasteiger partial charge in [-0.2, -0.15) is 0 Å². The summed E-state index contributed by atoms with van der Waals surface area (Å²) in [6.45, 7) is 0.945. The molecule has 1 saturated carbocycles. The first-order valence-corrected chi connectivity index (χ1v) is 8.11. The molecule has 0 spiro atoms. The van der Waals surface area contributed by atoms with E-state index >= 15 is 0 Å².